The molecule has 1 atom stereocenters. The summed E-state index contributed by atoms with van der Waals surface area (Å²) >= 11 is 1.83. The summed E-state index contributed by atoms with van der Waals surface area (Å²) in [7, 11) is 0. The number of rotatable bonds is 5. The summed E-state index contributed by atoms with van der Waals surface area (Å²) in [5, 5.41) is 0. The molecule has 5 nitrogen and oxygen atoms in total. The molecule has 1 aliphatic carbocycles. The van der Waals surface area contributed by atoms with Crippen LogP contribution in [-0.4, -0.2) is 72.1 Å². The smallest absolute Gasteiger partial charge is 0.240 e. The minimum Gasteiger partial charge on any atom is -0.369 e. The molecule has 178 valence electrons. The number of benzene rings is 1. The van der Waals surface area contributed by atoms with Crippen molar-refractivity contribution in [2.75, 3.05) is 49.3 Å². The molecule has 0 spiro atoms. The Morgan fingerprint density at radius 1 is 0.968 bits per heavy atom. The molecule has 2 heterocycles. The number of carbonyl (C=O) groups is 1. The van der Waals surface area contributed by atoms with E-state index in [9.17, 15) is 4.79 Å². The number of carbonyl (C=O) groups excluding carboxylic acids is 1. The molecule has 3 fully saturated rings. The molecule has 1 amide bonds. The van der Waals surface area contributed by atoms with E-state index in [1.54, 1.807) is 0 Å². The van der Waals surface area contributed by atoms with Gasteiger partial charge in [0.25, 0.3) is 0 Å². The molecule has 2 saturated heterocycles. The largest absolute Gasteiger partial charge is 0.369 e. The molecule has 1 saturated carbocycles. The molecular formula is C22H37Cl3N4OS. The van der Waals surface area contributed by atoms with Gasteiger partial charge in [-0.05, 0) is 50.2 Å². The number of amides is 1. The van der Waals surface area contributed by atoms with E-state index in [-0.39, 0.29) is 49.2 Å². The zero-order valence-corrected chi connectivity index (χ0v) is 21.3. The Hall–Kier alpha value is -0.370. The van der Waals surface area contributed by atoms with Gasteiger partial charge >= 0.3 is 0 Å². The van der Waals surface area contributed by atoms with E-state index in [1.807, 2.05) is 16.7 Å². The van der Waals surface area contributed by atoms with Crippen LogP contribution < -0.4 is 10.6 Å². The van der Waals surface area contributed by atoms with E-state index in [0.29, 0.717) is 5.92 Å². The summed E-state index contributed by atoms with van der Waals surface area (Å²) < 4.78 is 0. The lowest BCUT2D eigenvalue weighted by atomic mass is 9.81. The van der Waals surface area contributed by atoms with Gasteiger partial charge in [0.2, 0.25) is 5.91 Å². The number of nitrogens with two attached hydrogens (primary N) is 1. The third kappa shape index (κ3) is 7.58. The van der Waals surface area contributed by atoms with Crippen molar-refractivity contribution >= 4 is 60.6 Å². The summed E-state index contributed by atoms with van der Waals surface area (Å²) in [4.78, 5) is 19.6. The van der Waals surface area contributed by atoms with Crippen molar-refractivity contribution in [3.8, 4) is 0 Å². The molecule has 4 rings (SSSR count). The molecule has 9 heteroatoms. The van der Waals surface area contributed by atoms with Gasteiger partial charge in [-0.15, -0.1) is 49.0 Å². The first-order valence-electron chi connectivity index (χ1n) is 10.9. The van der Waals surface area contributed by atoms with Crippen molar-refractivity contribution in [2.45, 2.75) is 44.2 Å². The highest BCUT2D eigenvalue weighted by atomic mass is 35.5. The Balaban J connectivity index is 0.00000160. The van der Waals surface area contributed by atoms with Crippen LogP contribution in [0.2, 0.25) is 0 Å². The Labute approximate surface area is 210 Å². The first kappa shape index (κ1) is 28.7. The minimum atomic E-state index is -0.297. The van der Waals surface area contributed by atoms with Gasteiger partial charge in [-0.1, -0.05) is 18.2 Å². The molecule has 1 aromatic rings. The van der Waals surface area contributed by atoms with Crippen molar-refractivity contribution in [3.63, 3.8) is 0 Å². The van der Waals surface area contributed by atoms with Crippen LogP contribution >= 0.6 is 49.0 Å². The summed E-state index contributed by atoms with van der Waals surface area (Å²) in [6.45, 7) is 5.44. The molecule has 0 radical (unpaired) electrons. The lowest BCUT2D eigenvalue weighted by Crippen LogP contribution is -2.51. The third-order valence-electron chi connectivity index (χ3n) is 6.74. The molecule has 2 aliphatic heterocycles. The van der Waals surface area contributed by atoms with Crippen molar-refractivity contribution in [2.24, 2.45) is 11.7 Å². The van der Waals surface area contributed by atoms with Crippen molar-refractivity contribution < 1.29 is 4.79 Å². The molecule has 0 unspecified atom stereocenters. The average Bonchev–Trinajstić information content (AvgIpc) is 3.29. The summed E-state index contributed by atoms with van der Waals surface area (Å²) in [6, 6.07) is 11.2. The Morgan fingerprint density at radius 3 is 2.19 bits per heavy atom. The molecule has 0 bridgehead atoms. The first-order chi connectivity index (χ1) is 13.7. The number of anilines is 1. The van der Waals surface area contributed by atoms with Crippen molar-refractivity contribution in [1.82, 2.24) is 9.80 Å². The molecule has 31 heavy (non-hydrogen) atoms. The average molecular weight is 512 g/mol. The molecule has 3 aliphatic rings. The number of piperazine rings is 1. The maximum Gasteiger partial charge on any atom is 0.240 e. The number of hydrogen-bond acceptors (Lipinski definition) is 5. The maximum absolute atomic E-state index is 12.5. The Kier molecular flexibility index (Phi) is 13.0. The van der Waals surface area contributed by atoms with E-state index in [2.05, 4.69) is 40.1 Å². The van der Waals surface area contributed by atoms with Gasteiger partial charge in [-0.3, -0.25) is 9.69 Å². The quantitative estimate of drug-likeness (QED) is 0.650. The molecular weight excluding hydrogens is 475 g/mol. The number of thioether (sulfide) groups is 1. The highest BCUT2D eigenvalue weighted by Gasteiger charge is 2.31. The zero-order chi connectivity index (χ0) is 19.3. The fourth-order valence-corrected chi connectivity index (χ4v) is 5.97. The molecule has 0 aromatic heterocycles. The van der Waals surface area contributed by atoms with E-state index >= 15 is 0 Å². The number of para-hydroxylation sites is 1. The van der Waals surface area contributed by atoms with Crippen LogP contribution in [0, 0.1) is 5.92 Å². The topological polar surface area (TPSA) is 52.8 Å². The van der Waals surface area contributed by atoms with Gasteiger partial charge in [0, 0.05) is 50.2 Å². The van der Waals surface area contributed by atoms with Gasteiger partial charge in [0.05, 0.1) is 11.9 Å². The van der Waals surface area contributed by atoms with Crippen molar-refractivity contribution in [3.05, 3.63) is 30.3 Å². The second-order valence-electron chi connectivity index (χ2n) is 8.51. The Morgan fingerprint density at radius 2 is 1.61 bits per heavy atom. The normalized spacial score (nSPS) is 25.1. The summed E-state index contributed by atoms with van der Waals surface area (Å²) in [5.74, 6) is 2.68. The number of hydrogen-bond donors (Lipinski definition) is 1. The fourth-order valence-electron chi connectivity index (χ4n) is 5.01. The van der Waals surface area contributed by atoms with Gasteiger partial charge in [0.1, 0.15) is 0 Å². The van der Waals surface area contributed by atoms with Crippen LogP contribution in [0.25, 0.3) is 0 Å². The lowest BCUT2D eigenvalue weighted by Gasteiger charge is -2.43. The highest BCUT2D eigenvalue weighted by Crippen LogP contribution is 2.31. The molecule has 1 aromatic carbocycles. The predicted octanol–water partition coefficient (Wildman–Crippen LogP) is 3.88. The van der Waals surface area contributed by atoms with E-state index < -0.39 is 0 Å². The Bertz CT molecular complexity index is 635. The highest BCUT2D eigenvalue weighted by molar-refractivity contribution is 7.99. The summed E-state index contributed by atoms with van der Waals surface area (Å²) in [5.41, 5.74) is 7.61. The van der Waals surface area contributed by atoms with E-state index in [1.165, 1.54) is 31.4 Å². The molecule has 2 N–H and O–H groups in total. The first-order valence-corrected chi connectivity index (χ1v) is 12.0. The summed E-state index contributed by atoms with van der Waals surface area (Å²) in [6.07, 6.45) is 5.83. The fraction of sp³-hybridized carbons (Fsp3) is 0.682. The maximum atomic E-state index is 12.5. The van der Waals surface area contributed by atoms with E-state index in [4.69, 9.17) is 5.73 Å². The third-order valence-corrected chi connectivity index (χ3v) is 7.70. The van der Waals surface area contributed by atoms with Crippen LogP contribution in [0.15, 0.2) is 30.3 Å². The van der Waals surface area contributed by atoms with Crippen LogP contribution in [0.3, 0.4) is 0 Å². The second-order valence-corrected chi connectivity index (χ2v) is 9.59. The monoisotopic (exact) mass is 510 g/mol. The number of nitrogens with zero attached hydrogens (tertiary/aromatic N) is 3. The standard InChI is InChI=1S/C22H34N4OS.3ClH/c23-21(22(27)26-14-15-28-17-26)16-18-6-8-20(9-7-18)25-12-10-24(11-13-25)19-4-2-1-3-5-19;;;/h1-5,18,20-21H,6-17,23H2;3*1H/t18?,20?,21-;;;/m0.../s1. The van der Waals surface area contributed by atoms with Crippen molar-refractivity contribution in [1.29, 1.82) is 0 Å². The minimum absolute atomic E-state index is 0. The van der Waals surface area contributed by atoms with Gasteiger partial charge in [-0.25, -0.2) is 0 Å². The second kappa shape index (κ2) is 14.0. The number of halogens is 3. The van der Waals surface area contributed by atoms with Crippen LogP contribution in [0.4, 0.5) is 5.69 Å². The van der Waals surface area contributed by atoms with E-state index in [0.717, 1.165) is 56.8 Å². The lowest BCUT2D eigenvalue weighted by molar-refractivity contribution is -0.131. The van der Waals surface area contributed by atoms with Gasteiger partial charge < -0.3 is 15.5 Å². The predicted molar refractivity (Wildman–Crippen MR) is 139 cm³/mol. The van der Waals surface area contributed by atoms with Crippen LogP contribution in [0.5, 0.6) is 0 Å². The zero-order valence-electron chi connectivity index (χ0n) is 18.1. The van der Waals surface area contributed by atoms with Gasteiger partial charge in [-0.2, -0.15) is 0 Å². The SMILES string of the molecule is Cl.Cl.Cl.N[C@@H](CC1CCC(N2CCN(c3ccccc3)CC2)CC1)C(=O)N1CCSC1. The van der Waals surface area contributed by atoms with Crippen LogP contribution in [-0.2, 0) is 4.79 Å². The van der Waals surface area contributed by atoms with Crippen LogP contribution in [0.1, 0.15) is 32.1 Å². The van der Waals surface area contributed by atoms with Gasteiger partial charge in [0.15, 0.2) is 0 Å².